The van der Waals surface area contributed by atoms with Gasteiger partial charge in [-0.05, 0) is 36.9 Å². The fourth-order valence-electron chi connectivity index (χ4n) is 3.23. The largest absolute Gasteiger partial charge is 0.484 e. The molecule has 26 heavy (non-hydrogen) atoms. The molecule has 144 valence electrons. The molecule has 2 amide bonds. The zero-order valence-corrected chi connectivity index (χ0v) is 16.1. The second-order valence-electron chi connectivity index (χ2n) is 7.82. The normalized spacial score (nSPS) is 15.6. The minimum absolute atomic E-state index is 0.0207. The number of likely N-dealkylation sites (tertiary alicyclic amines) is 1. The predicted octanol–water partition coefficient (Wildman–Crippen LogP) is 1.75. The molecule has 0 unspecified atom stereocenters. The monoisotopic (exact) mass is 361 g/mol. The summed E-state index contributed by atoms with van der Waals surface area (Å²) in [6.45, 7) is 6.54. The van der Waals surface area contributed by atoms with Crippen molar-refractivity contribution >= 4 is 11.8 Å². The highest BCUT2D eigenvalue weighted by molar-refractivity contribution is 5.80. The highest BCUT2D eigenvalue weighted by Gasteiger charge is 2.31. The summed E-state index contributed by atoms with van der Waals surface area (Å²) in [6.07, 6.45) is 1.40. The number of ether oxygens (including phenoxy) is 1. The molecule has 2 rings (SSSR count). The molecule has 0 spiro atoms. The Morgan fingerprint density at radius 1 is 1.23 bits per heavy atom. The third-order valence-corrected chi connectivity index (χ3v) is 4.90. The third-order valence-electron chi connectivity index (χ3n) is 4.90. The van der Waals surface area contributed by atoms with E-state index in [1.54, 1.807) is 9.80 Å². The molecular formula is C20H31N3O3. The molecule has 6 heteroatoms. The van der Waals surface area contributed by atoms with Gasteiger partial charge < -0.3 is 20.3 Å². The van der Waals surface area contributed by atoms with Crippen LogP contribution in [0.1, 0.15) is 26.7 Å². The average molecular weight is 361 g/mol. The summed E-state index contributed by atoms with van der Waals surface area (Å²) in [6, 6.07) is 9.31. The zero-order valence-electron chi connectivity index (χ0n) is 16.1. The lowest BCUT2D eigenvalue weighted by Gasteiger charge is -2.35. The lowest BCUT2D eigenvalue weighted by Crippen LogP contribution is -2.47. The summed E-state index contributed by atoms with van der Waals surface area (Å²) >= 11 is 0. The molecule has 2 N–H and O–H groups in total. The van der Waals surface area contributed by atoms with E-state index in [0.717, 1.165) is 0 Å². The van der Waals surface area contributed by atoms with Gasteiger partial charge in [-0.15, -0.1) is 0 Å². The van der Waals surface area contributed by atoms with Crippen LogP contribution in [-0.2, 0) is 9.59 Å². The average Bonchev–Trinajstić information content (AvgIpc) is 2.66. The SMILES string of the molecule is CN(CC(C)(C)CN)C(=O)C1CCN(C(=O)COc2ccccc2)CC1. The summed E-state index contributed by atoms with van der Waals surface area (Å²) in [5.41, 5.74) is 5.67. The van der Waals surface area contributed by atoms with Crippen LogP contribution in [0, 0.1) is 11.3 Å². The van der Waals surface area contributed by atoms with Crippen molar-refractivity contribution < 1.29 is 14.3 Å². The van der Waals surface area contributed by atoms with Crippen LogP contribution in [0.25, 0.3) is 0 Å². The molecule has 1 heterocycles. The number of hydrogen-bond donors (Lipinski definition) is 1. The molecule has 1 aliphatic rings. The van der Waals surface area contributed by atoms with Gasteiger partial charge in [0.15, 0.2) is 6.61 Å². The van der Waals surface area contributed by atoms with Gasteiger partial charge in [-0.1, -0.05) is 32.0 Å². The number of hydrogen-bond acceptors (Lipinski definition) is 4. The first-order valence-corrected chi connectivity index (χ1v) is 9.23. The molecule has 0 bridgehead atoms. The number of rotatable bonds is 7. The van der Waals surface area contributed by atoms with Crippen LogP contribution in [0.2, 0.25) is 0 Å². The third kappa shape index (κ3) is 5.73. The van der Waals surface area contributed by atoms with Crippen molar-refractivity contribution in [2.24, 2.45) is 17.1 Å². The second-order valence-corrected chi connectivity index (χ2v) is 7.82. The van der Waals surface area contributed by atoms with Gasteiger partial charge in [-0.25, -0.2) is 0 Å². The molecule has 0 aliphatic carbocycles. The Kier molecular flexibility index (Phi) is 7.03. The number of benzene rings is 1. The quantitative estimate of drug-likeness (QED) is 0.803. The Bertz CT molecular complexity index is 596. The number of carbonyl (C=O) groups excluding carboxylic acids is 2. The molecule has 6 nitrogen and oxygen atoms in total. The molecule has 1 aromatic rings. The summed E-state index contributed by atoms with van der Waals surface area (Å²) in [5, 5.41) is 0. The van der Waals surface area contributed by atoms with E-state index in [0.29, 0.717) is 44.8 Å². The van der Waals surface area contributed by atoms with Gasteiger partial charge in [0, 0.05) is 32.6 Å². The van der Waals surface area contributed by atoms with Crippen LogP contribution in [0.3, 0.4) is 0 Å². The summed E-state index contributed by atoms with van der Waals surface area (Å²) in [5.74, 6) is 0.791. The minimum atomic E-state index is -0.0874. The maximum absolute atomic E-state index is 12.6. The highest BCUT2D eigenvalue weighted by Crippen LogP contribution is 2.22. The van der Waals surface area contributed by atoms with E-state index < -0.39 is 0 Å². The van der Waals surface area contributed by atoms with E-state index in [9.17, 15) is 9.59 Å². The predicted molar refractivity (Wildman–Crippen MR) is 102 cm³/mol. The zero-order chi connectivity index (χ0) is 19.2. The standard InChI is InChI=1S/C20H31N3O3/c1-20(2,14-21)15-22(3)19(25)16-9-11-23(12-10-16)18(24)13-26-17-7-5-4-6-8-17/h4-8,16H,9-15,21H2,1-3H3. The molecule has 1 aromatic carbocycles. The molecule has 0 atom stereocenters. The van der Waals surface area contributed by atoms with Gasteiger partial charge in [0.1, 0.15) is 5.75 Å². The topological polar surface area (TPSA) is 75.9 Å². The first-order valence-electron chi connectivity index (χ1n) is 9.23. The van der Waals surface area contributed by atoms with Crippen LogP contribution in [0.5, 0.6) is 5.75 Å². The number of nitrogens with two attached hydrogens (primary N) is 1. The van der Waals surface area contributed by atoms with Crippen LogP contribution in [0.4, 0.5) is 0 Å². The molecule has 1 fully saturated rings. The summed E-state index contributed by atoms with van der Waals surface area (Å²) in [4.78, 5) is 28.5. The van der Waals surface area contributed by atoms with Crippen LogP contribution < -0.4 is 10.5 Å². The van der Waals surface area contributed by atoms with Gasteiger partial charge >= 0.3 is 0 Å². The van der Waals surface area contributed by atoms with E-state index in [1.807, 2.05) is 37.4 Å². The van der Waals surface area contributed by atoms with Gasteiger partial charge in [-0.2, -0.15) is 0 Å². The Morgan fingerprint density at radius 3 is 2.42 bits per heavy atom. The molecule has 0 radical (unpaired) electrons. The Balaban J connectivity index is 1.77. The maximum Gasteiger partial charge on any atom is 0.260 e. The van der Waals surface area contributed by atoms with Gasteiger partial charge in [-0.3, -0.25) is 9.59 Å². The van der Waals surface area contributed by atoms with Crippen molar-refractivity contribution in [3.05, 3.63) is 30.3 Å². The van der Waals surface area contributed by atoms with Crippen molar-refractivity contribution in [3.8, 4) is 5.75 Å². The van der Waals surface area contributed by atoms with Gasteiger partial charge in [0.2, 0.25) is 5.91 Å². The van der Waals surface area contributed by atoms with Crippen LogP contribution in [0.15, 0.2) is 30.3 Å². The van der Waals surface area contributed by atoms with E-state index in [4.69, 9.17) is 10.5 Å². The Morgan fingerprint density at radius 2 is 1.85 bits per heavy atom. The summed E-state index contributed by atoms with van der Waals surface area (Å²) < 4.78 is 5.52. The molecule has 1 saturated heterocycles. The smallest absolute Gasteiger partial charge is 0.260 e. The van der Waals surface area contributed by atoms with E-state index in [-0.39, 0.29) is 29.8 Å². The van der Waals surface area contributed by atoms with Crippen LogP contribution >= 0.6 is 0 Å². The fraction of sp³-hybridized carbons (Fsp3) is 0.600. The molecule has 0 aromatic heterocycles. The number of amides is 2. The van der Waals surface area contributed by atoms with Crippen molar-refractivity contribution in [3.63, 3.8) is 0 Å². The molecular weight excluding hydrogens is 330 g/mol. The first kappa shape index (κ1) is 20.2. The Labute approximate surface area is 156 Å². The maximum atomic E-state index is 12.6. The van der Waals surface area contributed by atoms with Crippen molar-refractivity contribution in [1.29, 1.82) is 0 Å². The number of piperidine rings is 1. The van der Waals surface area contributed by atoms with E-state index in [1.165, 1.54) is 0 Å². The van der Waals surface area contributed by atoms with E-state index in [2.05, 4.69) is 13.8 Å². The van der Waals surface area contributed by atoms with Crippen LogP contribution in [-0.4, -0.2) is 61.4 Å². The summed E-state index contributed by atoms with van der Waals surface area (Å²) in [7, 11) is 1.84. The number of carbonyl (C=O) groups is 2. The highest BCUT2D eigenvalue weighted by atomic mass is 16.5. The van der Waals surface area contributed by atoms with Gasteiger partial charge in [0.05, 0.1) is 0 Å². The lowest BCUT2D eigenvalue weighted by atomic mass is 9.91. The van der Waals surface area contributed by atoms with Gasteiger partial charge in [0.25, 0.3) is 5.91 Å². The Hall–Kier alpha value is -2.08. The number of nitrogens with zero attached hydrogens (tertiary/aromatic N) is 2. The first-order chi connectivity index (χ1) is 12.3. The lowest BCUT2D eigenvalue weighted by molar-refractivity contribution is -0.141. The van der Waals surface area contributed by atoms with Crippen molar-refractivity contribution in [1.82, 2.24) is 9.80 Å². The minimum Gasteiger partial charge on any atom is -0.484 e. The van der Waals surface area contributed by atoms with E-state index >= 15 is 0 Å². The van der Waals surface area contributed by atoms with Crippen molar-refractivity contribution in [2.75, 3.05) is 39.8 Å². The molecule has 1 aliphatic heterocycles. The molecule has 0 saturated carbocycles. The van der Waals surface area contributed by atoms with Crippen molar-refractivity contribution in [2.45, 2.75) is 26.7 Å². The number of para-hydroxylation sites is 1. The second kappa shape index (κ2) is 9.03. The fourth-order valence-corrected chi connectivity index (χ4v) is 3.23.